The molecule has 0 amide bonds. The largest absolute Gasteiger partial charge is 0.461 e. The van der Waals surface area contributed by atoms with E-state index in [1.165, 1.54) is 0 Å². The van der Waals surface area contributed by atoms with Crippen molar-refractivity contribution in [2.24, 2.45) is 0 Å². The smallest absolute Gasteiger partial charge is 0.360 e. The summed E-state index contributed by atoms with van der Waals surface area (Å²) in [5, 5.41) is 0. The van der Waals surface area contributed by atoms with Crippen LogP contribution in [0.4, 0.5) is 5.82 Å². The normalized spacial score (nSPS) is 16.5. The maximum absolute atomic E-state index is 11.6. The summed E-state index contributed by atoms with van der Waals surface area (Å²) in [6.07, 6.45) is 1.59. The standard InChI is InChI=1S/C12H20N4O3/c1-2-19-12(17)10-11(13)16(9-14-10)4-3-15-5-7-18-8-6-15/h9H,2-8,13H2,1H3. The number of carbonyl (C=O) groups excluding carboxylic acids is 1. The van der Waals surface area contributed by atoms with Gasteiger partial charge in [0.25, 0.3) is 0 Å². The van der Waals surface area contributed by atoms with E-state index in [0.29, 0.717) is 19.0 Å². The number of esters is 1. The molecule has 0 aliphatic carbocycles. The lowest BCUT2D eigenvalue weighted by atomic mass is 10.4. The molecule has 0 saturated carbocycles. The highest BCUT2D eigenvalue weighted by molar-refractivity contribution is 5.92. The molecule has 7 heteroatoms. The number of rotatable bonds is 5. The average molecular weight is 268 g/mol. The highest BCUT2D eigenvalue weighted by atomic mass is 16.5. The van der Waals surface area contributed by atoms with Gasteiger partial charge in [-0.3, -0.25) is 4.90 Å². The van der Waals surface area contributed by atoms with Gasteiger partial charge in [-0.1, -0.05) is 0 Å². The summed E-state index contributed by atoms with van der Waals surface area (Å²) in [5.41, 5.74) is 6.10. The Bertz CT molecular complexity index is 427. The first-order valence-corrected chi connectivity index (χ1v) is 6.50. The second-order valence-electron chi connectivity index (χ2n) is 4.35. The molecule has 106 valence electrons. The first-order valence-electron chi connectivity index (χ1n) is 6.50. The van der Waals surface area contributed by atoms with Crippen molar-refractivity contribution < 1.29 is 14.3 Å². The second-order valence-corrected chi connectivity index (χ2v) is 4.35. The third-order valence-electron chi connectivity index (χ3n) is 3.11. The van der Waals surface area contributed by atoms with Gasteiger partial charge in [-0.05, 0) is 6.92 Å². The molecule has 1 aliphatic rings. The van der Waals surface area contributed by atoms with Gasteiger partial charge in [0.05, 0.1) is 26.1 Å². The highest BCUT2D eigenvalue weighted by Crippen LogP contribution is 2.11. The van der Waals surface area contributed by atoms with Crippen LogP contribution < -0.4 is 5.73 Å². The van der Waals surface area contributed by atoms with Crippen LogP contribution >= 0.6 is 0 Å². The average Bonchev–Trinajstić information content (AvgIpc) is 2.79. The minimum Gasteiger partial charge on any atom is -0.461 e. The number of nitrogens with zero attached hydrogens (tertiary/aromatic N) is 3. The lowest BCUT2D eigenvalue weighted by Gasteiger charge is -2.26. The third kappa shape index (κ3) is 3.45. The maximum atomic E-state index is 11.6. The molecule has 0 aromatic carbocycles. The van der Waals surface area contributed by atoms with Crippen molar-refractivity contribution >= 4 is 11.8 Å². The number of ether oxygens (including phenoxy) is 2. The molecule has 7 nitrogen and oxygen atoms in total. The van der Waals surface area contributed by atoms with Gasteiger partial charge in [0.1, 0.15) is 5.82 Å². The van der Waals surface area contributed by atoms with Crippen molar-refractivity contribution in [1.82, 2.24) is 14.5 Å². The first kappa shape index (κ1) is 13.8. The van der Waals surface area contributed by atoms with Gasteiger partial charge in [-0.25, -0.2) is 9.78 Å². The number of nitrogen functional groups attached to an aromatic ring is 1. The molecule has 0 radical (unpaired) electrons. The van der Waals surface area contributed by atoms with Gasteiger partial charge >= 0.3 is 5.97 Å². The summed E-state index contributed by atoms with van der Waals surface area (Å²) in [7, 11) is 0. The number of imidazole rings is 1. The van der Waals surface area contributed by atoms with E-state index in [-0.39, 0.29) is 5.69 Å². The van der Waals surface area contributed by atoms with Gasteiger partial charge in [0.2, 0.25) is 0 Å². The molecule has 1 aromatic heterocycles. The molecule has 1 aromatic rings. The van der Waals surface area contributed by atoms with E-state index in [1.807, 2.05) is 0 Å². The predicted octanol–water partition coefficient (Wildman–Crippen LogP) is -0.0258. The Kier molecular flexibility index (Phi) is 4.75. The molecule has 1 aliphatic heterocycles. The Balaban J connectivity index is 1.91. The molecule has 0 spiro atoms. The van der Waals surface area contributed by atoms with E-state index in [4.69, 9.17) is 15.2 Å². The predicted molar refractivity (Wildman–Crippen MR) is 69.9 cm³/mol. The molecule has 0 atom stereocenters. The fourth-order valence-electron chi connectivity index (χ4n) is 2.00. The van der Waals surface area contributed by atoms with Crippen LogP contribution in [0.3, 0.4) is 0 Å². The molecule has 1 fully saturated rings. The van der Waals surface area contributed by atoms with Crippen molar-refractivity contribution in [2.75, 3.05) is 45.2 Å². The van der Waals surface area contributed by atoms with Crippen LogP contribution in [0, 0.1) is 0 Å². The van der Waals surface area contributed by atoms with E-state index in [0.717, 1.165) is 32.8 Å². The molecule has 2 heterocycles. The minimum atomic E-state index is -0.467. The Morgan fingerprint density at radius 1 is 1.47 bits per heavy atom. The SMILES string of the molecule is CCOC(=O)c1ncn(CCN2CCOCC2)c1N. The Morgan fingerprint density at radius 2 is 2.21 bits per heavy atom. The number of morpholine rings is 1. The van der Waals surface area contributed by atoms with E-state index < -0.39 is 5.97 Å². The molecule has 1 saturated heterocycles. The van der Waals surface area contributed by atoms with Crippen molar-refractivity contribution in [3.63, 3.8) is 0 Å². The van der Waals surface area contributed by atoms with Gasteiger partial charge < -0.3 is 19.8 Å². The molecule has 0 unspecified atom stereocenters. The van der Waals surface area contributed by atoms with E-state index >= 15 is 0 Å². The van der Waals surface area contributed by atoms with Crippen LogP contribution in [0.5, 0.6) is 0 Å². The maximum Gasteiger partial charge on any atom is 0.360 e. The summed E-state index contributed by atoms with van der Waals surface area (Å²) in [6.45, 7) is 7.05. The molecular formula is C12H20N4O3. The molecule has 2 rings (SSSR count). The zero-order valence-electron chi connectivity index (χ0n) is 11.2. The Hall–Kier alpha value is -1.60. The van der Waals surface area contributed by atoms with Crippen LogP contribution in [-0.2, 0) is 16.0 Å². The summed E-state index contributed by atoms with van der Waals surface area (Å²) >= 11 is 0. The van der Waals surface area contributed by atoms with E-state index in [9.17, 15) is 4.79 Å². The quantitative estimate of drug-likeness (QED) is 0.755. The summed E-state index contributed by atoms with van der Waals surface area (Å²) in [4.78, 5) is 17.9. The van der Waals surface area contributed by atoms with Crippen molar-refractivity contribution in [1.29, 1.82) is 0 Å². The van der Waals surface area contributed by atoms with Gasteiger partial charge in [0, 0.05) is 26.2 Å². The Labute approximate surface area is 112 Å². The van der Waals surface area contributed by atoms with Crippen LogP contribution in [0.1, 0.15) is 17.4 Å². The zero-order valence-corrected chi connectivity index (χ0v) is 11.2. The number of aromatic nitrogens is 2. The minimum absolute atomic E-state index is 0.198. The van der Waals surface area contributed by atoms with Gasteiger partial charge in [0.15, 0.2) is 5.69 Å². The van der Waals surface area contributed by atoms with Crippen molar-refractivity contribution in [3.8, 4) is 0 Å². The second kappa shape index (κ2) is 6.53. The number of nitrogens with two attached hydrogens (primary N) is 1. The lowest BCUT2D eigenvalue weighted by Crippen LogP contribution is -2.38. The van der Waals surface area contributed by atoms with Crippen molar-refractivity contribution in [2.45, 2.75) is 13.5 Å². The van der Waals surface area contributed by atoms with Gasteiger partial charge in [-0.15, -0.1) is 0 Å². The fraction of sp³-hybridized carbons (Fsp3) is 0.667. The third-order valence-corrected chi connectivity index (χ3v) is 3.11. The highest BCUT2D eigenvalue weighted by Gasteiger charge is 2.17. The van der Waals surface area contributed by atoms with Crippen LogP contribution in [0.25, 0.3) is 0 Å². The van der Waals surface area contributed by atoms with Crippen LogP contribution in [0.15, 0.2) is 6.33 Å². The number of hydrogen-bond donors (Lipinski definition) is 1. The van der Waals surface area contributed by atoms with Crippen molar-refractivity contribution in [3.05, 3.63) is 12.0 Å². The molecule has 2 N–H and O–H groups in total. The molecular weight excluding hydrogens is 248 g/mol. The van der Waals surface area contributed by atoms with E-state index in [2.05, 4.69) is 9.88 Å². The van der Waals surface area contributed by atoms with Crippen LogP contribution in [-0.4, -0.2) is 59.9 Å². The van der Waals surface area contributed by atoms with Crippen LogP contribution in [0.2, 0.25) is 0 Å². The molecule has 0 bridgehead atoms. The zero-order chi connectivity index (χ0) is 13.7. The topological polar surface area (TPSA) is 82.6 Å². The first-order chi connectivity index (χ1) is 9.22. The monoisotopic (exact) mass is 268 g/mol. The number of carbonyl (C=O) groups is 1. The van der Waals surface area contributed by atoms with Gasteiger partial charge in [-0.2, -0.15) is 0 Å². The summed E-state index contributed by atoms with van der Waals surface area (Å²) < 4.78 is 12.0. The number of hydrogen-bond acceptors (Lipinski definition) is 6. The van der Waals surface area contributed by atoms with E-state index in [1.54, 1.807) is 17.8 Å². The summed E-state index contributed by atoms with van der Waals surface area (Å²) in [6, 6.07) is 0. The Morgan fingerprint density at radius 3 is 2.89 bits per heavy atom. The summed E-state index contributed by atoms with van der Waals surface area (Å²) in [5.74, 6) is -0.100. The number of anilines is 1. The fourth-order valence-corrected chi connectivity index (χ4v) is 2.00. The lowest BCUT2D eigenvalue weighted by molar-refractivity contribution is 0.0364. The molecule has 19 heavy (non-hydrogen) atoms.